The Morgan fingerprint density at radius 1 is 1.52 bits per heavy atom. The van der Waals surface area contributed by atoms with Crippen LogP contribution in [-0.2, 0) is 16.0 Å². The number of carbonyl (C=O) groups excluding carboxylic acids is 2. The standard InChI is InChI=1S/C15H19ClN2O3/c1-9(2)14-15(21)17-5-6-18(14)13(20)8-10-3-4-12(19)11(16)7-10/h3-4,7,9,14,19H,5-6,8H2,1-2H3,(H,17,21). The number of carbonyl (C=O) groups is 2. The summed E-state index contributed by atoms with van der Waals surface area (Å²) in [7, 11) is 0. The third kappa shape index (κ3) is 3.47. The number of amides is 2. The van der Waals surface area contributed by atoms with Gasteiger partial charge in [0.05, 0.1) is 11.4 Å². The lowest BCUT2D eigenvalue weighted by molar-refractivity contribution is -0.144. The Labute approximate surface area is 128 Å². The van der Waals surface area contributed by atoms with E-state index in [0.29, 0.717) is 13.1 Å². The van der Waals surface area contributed by atoms with E-state index in [-0.39, 0.29) is 34.9 Å². The van der Waals surface area contributed by atoms with E-state index in [0.717, 1.165) is 5.56 Å². The lowest BCUT2D eigenvalue weighted by Gasteiger charge is -2.37. The Hall–Kier alpha value is -1.75. The molecule has 2 rings (SSSR count). The zero-order valence-corrected chi connectivity index (χ0v) is 12.9. The van der Waals surface area contributed by atoms with Crippen molar-refractivity contribution in [2.24, 2.45) is 5.92 Å². The van der Waals surface area contributed by atoms with E-state index in [9.17, 15) is 14.7 Å². The fourth-order valence-corrected chi connectivity index (χ4v) is 2.77. The molecule has 2 amide bonds. The van der Waals surface area contributed by atoms with Crippen molar-refractivity contribution in [2.45, 2.75) is 26.3 Å². The summed E-state index contributed by atoms with van der Waals surface area (Å²) < 4.78 is 0. The number of aromatic hydroxyl groups is 1. The molecule has 5 nitrogen and oxygen atoms in total. The molecule has 114 valence electrons. The molecule has 1 fully saturated rings. The SMILES string of the molecule is CC(C)C1C(=O)NCCN1C(=O)Cc1ccc(O)c(Cl)c1. The molecule has 0 aromatic heterocycles. The highest BCUT2D eigenvalue weighted by Gasteiger charge is 2.34. The molecule has 0 aliphatic carbocycles. The van der Waals surface area contributed by atoms with Gasteiger partial charge < -0.3 is 15.3 Å². The molecule has 1 heterocycles. The normalized spacial score (nSPS) is 18.8. The first-order valence-corrected chi connectivity index (χ1v) is 7.32. The fraction of sp³-hybridized carbons (Fsp3) is 0.467. The predicted octanol–water partition coefficient (Wildman–Crippen LogP) is 1.57. The van der Waals surface area contributed by atoms with E-state index < -0.39 is 6.04 Å². The lowest BCUT2D eigenvalue weighted by Crippen LogP contribution is -2.59. The van der Waals surface area contributed by atoms with Gasteiger partial charge in [-0.2, -0.15) is 0 Å². The molecule has 6 heteroatoms. The van der Waals surface area contributed by atoms with Crippen LogP contribution in [0.2, 0.25) is 5.02 Å². The van der Waals surface area contributed by atoms with Crippen LogP contribution in [0.3, 0.4) is 0 Å². The van der Waals surface area contributed by atoms with Gasteiger partial charge in [-0.25, -0.2) is 0 Å². The molecule has 1 aliphatic heterocycles. The molecule has 1 aliphatic rings. The molecule has 0 bridgehead atoms. The summed E-state index contributed by atoms with van der Waals surface area (Å²) in [5.41, 5.74) is 0.719. The van der Waals surface area contributed by atoms with E-state index >= 15 is 0 Å². The minimum Gasteiger partial charge on any atom is -0.506 e. The van der Waals surface area contributed by atoms with Crippen LogP contribution in [0.4, 0.5) is 0 Å². The summed E-state index contributed by atoms with van der Waals surface area (Å²) >= 11 is 5.85. The molecule has 1 aromatic carbocycles. The molecule has 1 unspecified atom stereocenters. The monoisotopic (exact) mass is 310 g/mol. The molecule has 0 saturated carbocycles. The van der Waals surface area contributed by atoms with Gasteiger partial charge in [0.25, 0.3) is 0 Å². The first-order valence-electron chi connectivity index (χ1n) is 6.94. The van der Waals surface area contributed by atoms with Crippen molar-refractivity contribution < 1.29 is 14.7 Å². The molecule has 1 aromatic rings. The van der Waals surface area contributed by atoms with Crippen molar-refractivity contribution >= 4 is 23.4 Å². The molecule has 1 atom stereocenters. The van der Waals surface area contributed by atoms with Gasteiger partial charge in [-0.1, -0.05) is 31.5 Å². The minimum atomic E-state index is -0.432. The van der Waals surface area contributed by atoms with Crippen LogP contribution >= 0.6 is 11.6 Å². The number of phenolic OH excluding ortho intramolecular Hbond substituents is 1. The summed E-state index contributed by atoms with van der Waals surface area (Å²) in [6.07, 6.45) is 0.163. The van der Waals surface area contributed by atoms with Crippen molar-refractivity contribution in [3.05, 3.63) is 28.8 Å². The van der Waals surface area contributed by atoms with Crippen LogP contribution in [-0.4, -0.2) is 41.0 Å². The second-order valence-electron chi connectivity index (χ2n) is 5.53. The number of halogens is 1. The average Bonchev–Trinajstić information content (AvgIpc) is 2.42. The van der Waals surface area contributed by atoms with E-state index in [2.05, 4.69) is 5.32 Å². The Kier molecular flexibility index (Phi) is 4.73. The van der Waals surface area contributed by atoms with Crippen LogP contribution in [0.5, 0.6) is 5.75 Å². The van der Waals surface area contributed by atoms with E-state index in [1.807, 2.05) is 13.8 Å². The Bertz CT molecular complexity index is 560. The van der Waals surface area contributed by atoms with E-state index in [1.54, 1.807) is 17.0 Å². The van der Waals surface area contributed by atoms with Crippen LogP contribution in [0.15, 0.2) is 18.2 Å². The van der Waals surface area contributed by atoms with Crippen LogP contribution in [0.25, 0.3) is 0 Å². The topological polar surface area (TPSA) is 69.6 Å². The number of rotatable bonds is 3. The molecule has 2 N–H and O–H groups in total. The number of hydrogen-bond acceptors (Lipinski definition) is 3. The summed E-state index contributed by atoms with van der Waals surface area (Å²) in [5.74, 6) is -0.165. The van der Waals surface area contributed by atoms with Crippen LogP contribution in [0.1, 0.15) is 19.4 Å². The molecule has 0 radical (unpaired) electrons. The molecular weight excluding hydrogens is 292 g/mol. The van der Waals surface area contributed by atoms with E-state index in [4.69, 9.17) is 11.6 Å². The van der Waals surface area contributed by atoms with Crippen molar-refractivity contribution in [3.63, 3.8) is 0 Å². The highest BCUT2D eigenvalue weighted by molar-refractivity contribution is 6.32. The number of nitrogens with zero attached hydrogens (tertiary/aromatic N) is 1. The highest BCUT2D eigenvalue weighted by Crippen LogP contribution is 2.24. The fourth-order valence-electron chi connectivity index (χ4n) is 2.56. The Morgan fingerprint density at radius 2 is 2.24 bits per heavy atom. The third-order valence-corrected chi connectivity index (χ3v) is 3.88. The van der Waals surface area contributed by atoms with Gasteiger partial charge in [0, 0.05) is 13.1 Å². The van der Waals surface area contributed by atoms with Gasteiger partial charge in [0.1, 0.15) is 11.8 Å². The number of hydrogen-bond donors (Lipinski definition) is 2. The zero-order valence-electron chi connectivity index (χ0n) is 12.1. The molecule has 1 saturated heterocycles. The Morgan fingerprint density at radius 3 is 2.86 bits per heavy atom. The summed E-state index contributed by atoms with van der Waals surface area (Å²) in [4.78, 5) is 26.0. The first-order chi connectivity index (χ1) is 9.90. The number of phenols is 1. The second-order valence-corrected chi connectivity index (χ2v) is 5.94. The van der Waals surface area contributed by atoms with Gasteiger partial charge in [-0.05, 0) is 23.6 Å². The average molecular weight is 311 g/mol. The zero-order chi connectivity index (χ0) is 15.6. The molecule has 21 heavy (non-hydrogen) atoms. The largest absolute Gasteiger partial charge is 0.506 e. The van der Waals surface area contributed by atoms with Crippen LogP contribution in [0, 0.1) is 5.92 Å². The van der Waals surface area contributed by atoms with Gasteiger partial charge in [0.15, 0.2) is 0 Å². The number of piperazine rings is 1. The second kappa shape index (κ2) is 6.35. The van der Waals surface area contributed by atoms with Gasteiger partial charge in [-0.15, -0.1) is 0 Å². The maximum Gasteiger partial charge on any atom is 0.243 e. The maximum atomic E-state index is 12.5. The lowest BCUT2D eigenvalue weighted by atomic mass is 9.98. The van der Waals surface area contributed by atoms with Crippen LogP contribution < -0.4 is 5.32 Å². The van der Waals surface area contributed by atoms with E-state index in [1.165, 1.54) is 6.07 Å². The maximum absolute atomic E-state index is 12.5. The number of benzene rings is 1. The third-order valence-electron chi connectivity index (χ3n) is 3.58. The number of nitrogens with one attached hydrogen (secondary N) is 1. The summed E-state index contributed by atoms with van der Waals surface area (Å²) in [6, 6.07) is 4.27. The van der Waals surface area contributed by atoms with Crippen molar-refractivity contribution in [3.8, 4) is 5.75 Å². The Balaban J connectivity index is 2.14. The first kappa shape index (κ1) is 15.6. The highest BCUT2D eigenvalue weighted by atomic mass is 35.5. The minimum absolute atomic E-state index is 0.00901. The molecule has 0 spiro atoms. The van der Waals surface area contributed by atoms with Gasteiger partial charge >= 0.3 is 0 Å². The smallest absolute Gasteiger partial charge is 0.243 e. The quantitative estimate of drug-likeness (QED) is 0.890. The summed E-state index contributed by atoms with van der Waals surface area (Å²) in [6.45, 7) is 4.84. The molecular formula is C15H19ClN2O3. The van der Waals surface area contributed by atoms with Crippen molar-refractivity contribution in [1.82, 2.24) is 10.2 Å². The predicted molar refractivity (Wildman–Crippen MR) is 80.2 cm³/mol. The summed E-state index contributed by atoms with van der Waals surface area (Å²) in [5, 5.41) is 12.4. The van der Waals surface area contributed by atoms with Crippen molar-refractivity contribution in [2.75, 3.05) is 13.1 Å². The van der Waals surface area contributed by atoms with Crippen molar-refractivity contribution in [1.29, 1.82) is 0 Å². The van der Waals surface area contributed by atoms with Gasteiger partial charge in [0.2, 0.25) is 11.8 Å². The van der Waals surface area contributed by atoms with Gasteiger partial charge in [-0.3, -0.25) is 9.59 Å².